The number of para-hydroxylation sites is 1. The van der Waals surface area contributed by atoms with Gasteiger partial charge in [0.15, 0.2) is 5.01 Å². The summed E-state index contributed by atoms with van der Waals surface area (Å²) in [5.41, 5.74) is 0. The highest BCUT2D eigenvalue weighted by Crippen LogP contribution is 2.26. The summed E-state index contributed by atoms with van der Waals surface area (Å²) in [7, 11) is 0. The van der Waals surface area contributed by atoms with E-state index in [0.717, 1.165) is 16.0 Å². The molecule has 0 aliphatic heterocycles. The van der Waals surface area contributed by atoms with Crippen LogP contribution in [-0.4, -0.2) is 10.3 Å². The summed E-state index contributed by atoms with van der Waals surface area (Å²) in [4.78, 5) is 0.860. The number of benzene rings is 1. The Labute approximate surface area is 107 Å². The van der Waals surface area contributed by atoms with Gasteiger partial charge in [0.25, 0.3) is 0 Å². The summed E-state index contributed by atoms with van der Waals surface area (Å²) in [6.07, 6.45) is 0. The molecular weight excluding hydrogens is 328 g/mol. The van der Waals surface area contributed by atoms with Gasteiger partial charge >= 0.3 is 0 Å². The SMILES string of the molecule is CC(CBr)C(Br)Oc1ccccc1S. The third-order valence-corrected chi connectivity index (χ3v) is 4.28. The van der Waals surface area contributed by atoms with Gasteiger partial charge in [-0.1, -0.05) is 35.0 Å². The quantitative estimate of drug-likeness (QED) is 0.641. The van der Waals surface area contributed by atoms with Crippen LogP contribution in [0.15, 0.2) is 29.2 Å². The molecule has 0 heterocycles. The fraction of sp³-hybridized carbons (Fsp3) is 0.400. The Bertz CT molecular complexity index is 293. The minimum absolute atomic E-state index is 0.00942. The fourth-order valence-electron chi connectivity index (χ4n) is 0.864. The van der Waals surface area contributed by atoms with Gasteiger partial charge in [-0.25, -0.2) is 0 Å². The third-order valence-electron chi connectivity index (χ3n) is 1.80. The zero-order chi connectivity index (χ0) is 10.6. The molecule has 0 spiro atoms. The van der Waals surface area contributed by atoms with Crippen molar-refractivity contribution in [1.29, 1.82) is 0 Å². The van der Waals surface area contributed by atoms with Gasteiger partial charge in [-0.3, -0.25) is 0 Å². The number of hydrogen-bond acceptors (Lipinski definition) is 2. The second kappa shape index (κ2) is 6.03. The molecule has 0 radical (unpaired) electrons. The Balaban J connectivity index is 2.64. The number of halogens is 2. The standard InChI is InChI=1S/C10H12Br2OS/c1-7(6-11)10(12)13-8-4-2-3-5-9(8)14/h2-5,7,10,14H,6H2,1H3. The van der Waals surface area contributed by atoms with Gasteiger partial charge in [-0.2, -0.15) is 0 Å². The Morgan fingerprint density at radius 3 is 2.64 bits per heavy atom. The van der Waals surface area contributed by atoms with Crippen LogP contribution >= 0.6 is 44.5 Å². The maximum absolute atomic E-state index is 5.71. The molecule has 2 unspecified atom stereocenters. The van der Waals surface area contributed by atoms with Crippen molar-refractivity contribution in [1.82, 2.24) is 0 Å². The molecule has 0 saturated heterocycles. The summed E-state index contributed by atoms with van der Waals surface area (Å²) in [5, 5.41) is 0.910. The van der Waals surface area contributed by atoms with E-state index in [-0.39, 0.29) is 5.01 Å². The average molecular weight is 340 g/mol. The van der Waals surface area contributed by atoms with Gasteiger partial charge in [0, 0.05) is 16.1 Å². The molecule has 14 heavy (non-hydrogen) atoms. The lowest BCUT2D eigenvalue weighted by atomic mass is 10.2. The highest BCUT2D eigenvalue weighted by atomic mass is 79.9. The van der Waals surface area contributed by atoms with Crippen LogP contribution in [0, 0.1) is 5.92 Å². The zero-order valence-corrected chi connectivity index (χ0v) is 11.8. The van der Waals surface area contributed by atoms with E-state index >= 15 is 0 Å². The molecule has 2 atom stereocenters. The van der Waals surface area contributed by atoms with Gasteiger partial charge in [0.05, 0.1) is 0 Å². The molecule has 78 valence electrons. The van der Waals surface area contributed by atoms with Gasteiger partial charge < -0.3 is 4.74 Å². The van der Waals surface area contributed by atoms with Crippen molar-refractivity contribution in [3.8, 4) is 5.75 Å². The van der Waals surface area contributed by atoms with E-state index in [1.807, 2.05) is 24.3 Å². The van der Waals surface area contributed by atoms with E-state index in [1.54, 1.807) is 0 Å². The van der Waals surface area contributed by atoms with Crippen LogP contribution in [0.25, 0.3) is 0 Å². The smallest absolute Gasteiger partial charge is 0.156 e. The monoisotopic (exact) mass is 338 g/mol. The first kappa shape index (κ1) is 12.4. The molecule has 0 aliphatic rings. The molecule has 1 aromatic carbocycles. The van der Waals surface area contributed by atoms with Crippen LogP contribution in [0.2, 0.25) is 0 Å². The summed E-state index contributed by atoms with van der Waals surface area (Å²) in [6, 6.07) is 7.70. The number of rotatable bonds is 4. The summed E-state index contributed by atoms with van der Waals surface area (Å²) < 4.78 is 5.71. The molecule has 0 aromatic heterocycles. The normalized spacial score (nSPS) is 14.9. The van der Waals surface area contributed by atoms with Crippen molar-refractivity contribution in [3.63, 3.8) is 0 Å². The lowest BCUT2D eigenvalue weighted by Crippen LogP contribution is -2.19. The van der Waals surface area contributed by atoms with E-state index < -0.39 is 0 Å². The van der Waals surface area contributed by atoms with E-state index in [2.05, 4.69) is 51.4 Å². The van der Waals surface area contributed by atoms with Crippen LogP contribution in [-0.2, 0) is 0 Å². The third kappa shape index (κ3) is 3.48. The predicted octanol–water partition coefficient (Wildman–Crippen LogP) is 4.11. The number of alkyl halides is 2. The lowest BCUT2D eigenvalue weighted by Gasteiger charge is -2.18. The largest absolute Gasteiger partial charge is 0.478 e. The molecule has 4 heteroatoms. The van der Waals surface area contributed by atoms with Gasteiger partial charge in [-0.15, -0.1) is 12.6 Å². The Hall–Kier alpha value is 0.330. The highest BCUT2D eigenvalue weighted by Gasteiger charge is 2.14. The average Bonchev–Trinajstić information content (AvgIpc) is 2.20. The molecule has 0 fully saturated rings. The van der Waals surface area contributed by atoms with Crippen LogP contribution in [0.3, 0.4) is 0 Å². The number of thiol groups is 1. The summed E-state index contributed by atoms with van der Waals surface area (Å²) in [6.45, 7) is 2.11. The van der Waals surface area contributed by atoms with E-state index in [4.69, 9.17) is 4.74 Å². The Kier molecular flexibility index (Phi) is 5.34. The highest BCUT2D eigenvalue weighted by molar-refractivity contribution is 9.10. The summed E-state index contributed by atoms with van der Waals surface area (Å²) in [5.74, 6) is 1.22. The van der Waals surface area contributed by atoms with Crippen molar-refractivity contribution in [2.24, 2.45) is 5.92 Å². The van der Waals surface area contributed by atoms with Crippen molar-refractivity contribution < 1.29 is 4.74 Å². The molecule has 0 aliphatic carbocycles. The molecule has 1 nitrogen and oxygen atoms in total. The lowest BCUT2D eigenvalue weighted by molar-refractivity contribution is 0.241. The van der Waals surface area contributed by atoms with Crippen LogP contribution in [0.5, 0.6) is 5.75 Å². The van der Waals surface area contributed by atoms with Crippen molar-refractivity contribution in [2.45, 2.75) is 16.8 Å². The van der Waals surface area contributed by atoms with Crippen molar-refractivity contribution in [2.75, 3.05) is 5.33 Å². The number of hydrogen-bond donors (Lipinski definition) is 1. The summed E-state index contributed by atoms with van der Waals surface area (Å²) >= 11 is 11.2. The predicted molar refractivity (Wildman–Crippen MR) is 70.0 cm³/mol. The minimum Gasteiger partial charge on any atom is -0.478 e. The van der Waals surface area contributed by atoms with E-state index in [1.165, 1.54) is 0 Å². The Morgan fingerprint density at radius 1 is 1.43 bits per heavy atom. The first-order chi connectivity index (χ1) is 6.65. The maximum Gasteiger partial charge on any atom is 0.156 e. The van der Waals surface area contributed by atoms with E-state index in [0.29, 0.717) is 5.92 Å². The molecule has 0 amide bonds. The second-order valence-corrected chi connectivity index (χ2v) is 5.10. The van der Waals surface area contributed by atoms with Gasteiger partial charge in [0.1, 0.15) is 5.75 Å². The fourth-order valence-corrected chi connectivity index (χ4v) is 2.31. The van der Waals surface area contributed by atoms with Crippen LogP contribution in [0.4, 0.5) is 0 Å². The molecule has 0 bridgehead atoms. The topological polar surface area (TPSA) is 9.23 Å². The van der Waals surface area contributed by atoms with Gasteiger partial charge in [0.2, 0.25) is 0 Å². The van der Waals surface area contributed by atoms with Crippen molar-refractivity contribution in [3.05, 3.63) is 24.3 Å². The molecule has 0 saturated carbocycles. The molecule has 1 aromatic rings. The van der Waals surface area contributed by atoms with Crippen molar-refractivity contribution >= 4 is 44.5 Å². The zero-order valence-electron chi connectivity index (χ0n) is 7.78. The number of ether oxygens (including phenoxy) is 1. The van der Waals surface area contributed by atoms with Gasteiger partial charge in [-0.05, 0) is 28.1 Å². The first-order valence-electron chi connectivity index (χ1n) is 4.30. The second-order valence-electron chi connectivity index (χ2n) is 3.07. The minimum atomic E-state index is 0.00942. The van der Waals surface area contributed by atoms with Crippen LogP contribution in [0.1, 0.15) is 6.92 Å². The first-order valence-corrected chi connectivity index (χ1v) is 6.78. The molecule has 1 rings (SSSR count). The molecule has 0 N–H and O–H groups in total. The maximum atomic E-state index is 5.71. The van der Waals surface area contributed by atoms with E-state index in [9.17, 15) is 0 Å². The molecular formula is C10H12Br2OS. The van der Waals surface area contributed by atoms with Crippen LogP contribution < -0.4 is 4.74 Å². The Morgan fingerprint density at radius 2 is 2.07 bits per heavy atom.